The van der Waals surface area contributed by atoms with Crippen LogP contribution < -0.4 is 10.6 Å². The first kappa shape index (κ1) is 15.7. The van der Waals surface area contributed by atoms with E-state index in [1.54, 1.807) is 17.7 Å². The maximum Gasteiger partial charge on any atom is 0.135 e. The average molecular weight is 305 g/mol. The molecule has 114 valence electrons. The van der Waals surface area contributed by atoms with Gasteiger partial charge in [-0.25, -0.2) is 15.0 Å². The van der Waals surface area contributed by atoms with E-state index in [-0.39, 0.29) is 0 Å². The molecule has 2 heterocycles. The highest BCUT2D eigenvalue weighted by molar-refractivity contribution is 7.09. The van der Waals surface area contributed by atoms with Crippen LogP contribution in [0.4, 0.5) is 11.6 Å². The highest BCUT2D eigenvalue weighted by Gasteiger charge is 2.10. The Hall–Kier alpha value is -1.69. The summed E-state index contributed by atoms with van der Waals surface area (Å²) in [6, 6.07) is 0. The molecule has 2 N–H and O–H groups in total. The van der Waals surface area contributed by atoms with Crippen molar-refractivity contribution in [2.24, 2.45) is 0 Å². The molecule has 0 saturated heterocycles. The third-order valence-electron chi connectivity index (χ3n) is 3.06. The fraction of sp³-hybridized carbons (Fsp3) is 0.533. The van der Waals surface area contributed by atoms with Crippen molar-refractivity contribution >= 4 is 23.0 Å². The molecule has 0 aliphatic carbocycles. The smallest absolute Gasteiger partial charge is 0.135 e. The third-order valence-corrected chi connectivity index (χ3v) is 4.03. The van der Waals surface area contributed by atoms with Gasteiger partial charge in [0.25, 0.3) is 0 Å². The normalized spacial score (nSPS) is 10.6. The Balaban J connectivity index is 2.12. The van der Waals surface area contributed by atoms with Gasteiger partial charge in [0.15, 0.2) is 0 Å². The number of aryl methyl sites for hydroxylation is 1. The van der Waals surface area contributed by atoms with Gasteiger partial charge in [-0.05, 0) is 19.8 Å². The van der Waals surface area contributed by atoms with Crippen LogP contribution in [0.1, 0.15) is 43.0 Å². The van der Waals surface area contributed by atoms with Gasteiger partial charge in [-0.3, -0.25) is 0 Å². The highest BCUT2D eigenvalue weighted by atomic mass is 32.1. The number of nitrogens with zero attached hydrogens (tertiary/aromatic N) is 3. The van der Waals surface area contributed by atoms with Crippen molar-refractivity contribution in [1.29, 1.82) is 0 Å². The molecule has 2 rings (SSSR count). The van der Waals surface area contributed by atoms with Gasteiger partial charge in [0.2, 0.25) is 0 Å². The Morgan fingerprint density at radius 2 is 1.86 bits per heavy atom. The summed E-state index contributed by atoms with van der Waals surface area (Å²) in [5.74, 6) is 1.87. The van der Waals surface area contributed by atoms with Crippen molar-refractivity contribution < 1.29 is 0 Å². The van der Waals surface area contributed by atoms with Gasteiger partial charge >= 0.3 is 0 Å². The minimum absolute atomic E-state index is 0.708. The summed E-state index contributed by atoms with van der Waals surface area (Å²) < 4.78 is 0. The summed E-state index contributed by atoms with van der Waals surface area (Å²) >= 11 is 1.67. The van der Waals surface area contributed by atoms with E-state index < -0.39 is 0 Å². The zero-order valence-corrected chi connectivity index (χ0v) is 13.8. The van der Waals surface area contributed by atoms with Gasteiger partial charge in [0, 0.05) is 23.2 Å². The van der Waals surface area contributed by atoms with Crippen molar-refractivity contribution in [2.45, 2.75) is 46.6 Å². The Bertz CT molecular complexity index is 567. The fourth-order valence-corrected chi connectivity index (χ4v) is 2.80. The molecule has 0 aromatic carbocycles. The van der Waals surface area contributed by atoms with E-state index in [0.717, 1.165) is 48.1 Å². The van der Waals surface area contributed by atoms with Gasteiger partial charge in [0.05, 0.1) is 6.54 Å². The van der Waals surface area contributed by atoms with Gasteiger partial charge < -0.3 is 10.6 Å². The summed E-state index contributed by atoms with van der Waals surface area (Å²) in [5, 5.41) is 9.94. The third kappa shape index (κ3) is 4.39. The summed E-state index contributed by atoms with van der Waals surface area (Å²) in [6.07, 6.45) is 4.73. The lowest BCUT2D eigenvalue weighted by molar-refractivity contribution is 0.885. The Morgan fingerprint density at radius 1 is 1.10 bits per heavy atom. The van der Waals surface area contributed by atoms with Crippen molar-refractivity contribution in [3.05, 3.63) is 28.0 Å². The van der Waals surface area contributed by atoms with Crippen molar-refractivity contribution in [1.82, 2.24) is 15.0 Å². The number of thiazole rings is 1. The lowest BCUT2D eigenvalue weighted by atomic mass is 10.1. The molecule has 0 fully saturated rings. The first-order chi connectivity index (χ1) is 10.2. The SMILES string of the molecule is CCCNc1ncnc(NCc2nc(C)cs2)c1CCC. The van der Waals surface area contributed by atoms with Crippen LogP contribution in [0.25, 0.3) is 0 Å². The predicted molar refractivity (Wildman–Crippen MR) is 89.0 cm³/mol. The lowest BCUT2D eigenvalue weighted by Crippen LogP contribution is -2.11. The van der Waals surface area contributed by atoms with Crippen LogP contribution in [0.3, 0.4) is 0 Å². The molecule has 0 aliphatic heterocycles. The molecule has 0 radical (unpaired) electrons. The molecule has 21 heavy (non-hydrogen) atoms. The molecule has 0 atom stereocenters. The quantitative estimate of drug-likeness (QED) is 0.780. The van der Waals surface area contributed by atoms with E-state index in [2.05, 4.69) is 44.8 Å². The second-order valence-corrected chi connectivity index (χ2v) is 5.91. The maximum atomic E-state index is 4.47. The van der Waals surface area contributed by atoms with Crippen LogP contribution in [0.15, 0.2) is 11.7 Å². The first-order valence-electron chi connectivity index (χ1n) is 7.47. The molecule has 0 saturated carbocycles. The van der Waals surface area contributed by atoms with E-state index in [4.69, 9.17) is 0 Å². The average Bonchev–Trinajstić information content (AvgIpc) is 2.90. The molecular formula is C15H23N5S. The second kappa shape index (κ2) is 7.93. The van der Waals surface area contributed by atoms with Crippen LogP contribution >= 0.6 is 11.3 Å². The van der Waals surface area contributed by atoms with Crippen LogP contribution in [-0.4, -0.2) is 21.5 Å². The standard InChI is InChI=1S/C15H23N5S/c1-4-6-12-14(16-7-5-2)18-10-19-15(12)17-8-13-20-11(3)9-21-13/h9-10H,4-8H2,1-3H3,(H2,16,17,18,19). The first-order valence-corrected chi connectivity index (χ1v) is 8.35. The minimum atomic E-state index is 0.708. The van der Waals surface area contributed by atoms with E-state index in [9.17, 15) is 0 Å². The molecule has 5 nitrogen and oxygen atoms in total. The van der Waals surface area contributed by atoms with Crippen LogP contribution in [-0.2, 0) is 13.0 Å². The summed E-state index contributed by atoms with van der Waals surface area (Å²) in [6.45, 7) is 7.97. The topological polar surface area (TPSA) is 62.7 Å². The van der Waals surface area contributed by atoms with Crippen molar-refractivity contribution in [3.8, 4) is 0 Å². The van der Waals surface area contributed by atoms with Gasteiger partial charge in [-0.2, -0.15) is 0 Å². The van der Waals surface area contributed by atoms with Crippen molar-refractivity contribution in [3.63, 3.8) is 0 Å². The molecule has 0 aliphatic rings. The summed E-state index contributed by atoms with van der Waals surface area (Å²) in [7, 11) is 0. The van der Waals surface area contributed by atoms with Crippen LogP contribution in [0.2, 0.25) is 0 Å². The molecule has 0 amide bonds. The minimum Gasteiger partial charge on any atom is -0.370 e. The number of hydrogen-bond donors (Lipinski definition) is 2. The van der Waals surface area contributed by atoms with Crippen LogP contribution in [0.5, 0.6) is 0 Å². The predicted octanol–water partition coefficient (Wildman–Crippen LogP) is 3.63. The number of aromatic nitrogens is 3. The van der Waals surface area contributed by atoms with Gasteiger partial charge in [-0.1, -0.05) is 20.3 Å². The van der Waals surface area contributed by atoms with Gasteiger partial charge in [0.1, 0.15) is 23.0 Å². The molecule has 0 unspecified atom stereocenters. The number of nitrogens with one attached hydrogen (secondary N) is 2. The second-order valence-electron chi connectivity index (χ2n) is 4.96. The number of hydrogen-bond acceptors (Lipinski definition) is 6. The largest absolute Gasteiger partial charge is 0.370 e. The molecule has 0 spiro atoms. The Morgan fingerprint density at radius 3 is 2.48 bits per heavy atom. The van der Waals surface area contributed by atoms with Crippen molar-refractivity contribution in [2.75, 3.05) is 17.2 Å². The van der Waals surface area contributed by atoms with Gasteiger partial charge in [-0.15, -0.1) is 11.3 Å². The summed E-state index contributed by atoms with van der Waals surface area (Å²) in [5.41, 5.74) is 2.24. The number of rotatable bonds is 8. The summed E-state index contributed by atoms with van der Waals surface area (Å²) in [4.78, 5) is 13.3. The van der Waals surface area contributed by atoms with E-state index >= 15 is 0 Å². The lowest BCUT2D eigenvalue weighted by Gasteiger charge is -2.14. The maximum absolute atomic E-state index is 4.47. The molecule has 2 aromatic rings. The molecule has 0 bridgehead atoms. The molecule has 2 aromatic heterocycles. The van der Waals surface area contributed by atoms with E-state index in [1.807, 2.05) is 6.92 Å². The Kier molecular flexibility index (Phi) is 5.92. The zero-order valence-electron chi connectivity index (χ0n) is 12.9. The molecule has 6 heteroatoms. The zero-order chi connectivity index (χ0) is 15.1. The van der Waals surface area contributed by atoms with E-state index in [0.29, 0.717) is 6.54 Å². The number of anilines is 2. The Labute approximate surface area is 130 Å². The molecular weight excluding hydrogens is 282 g/mol. The fourth-order valence-electron chi connectivity index (χ4n) is 2.09. The van der Waals surface area contributed by atoms with Crippen LogP contribution in [0, 0.1) is 6.92 Å². The highest BCUT2D eigenvalue weighted by Crippen LogP contribution is 2.22. The van der Waals surface area contributed by atoms with E-state index in [1.165, 1.54) is 5.56 Å². The monoisotopic (exact) mass is 305 g/mol.